The van der Waals surface area contributed by atoms with Crippen molar-refractivity contribution < 1.29 is 18.3 Å². The van der Waals surface area contributed by atoms with Crippen LogP contribution in [0.3, 0.4) is 0 Å². The fourth-order valence-corrected chi connectivity index (χ4v) is 2.65. The van der Waals surface area contributed by atoms with E-state index in [2.05, 4.69) is 10.3 Å². The first-order valence-electron chi connectivity index (χ1n) is 6.82. The number of nitrogens with one attached hydrogen (secondary N) is 1. The van der Waals surface area contributed by atoms with Gasteiger partial charge in [-0.25, -0.2) is 0 Å². The Morgan fingerprint density at radius 1 is 1.35 bits per heavy atom. The summed E-state index contributed by atoms with van der Waals surface area (Å²) >= 11 is 0. The Hall–Kier alpha value is -1.30. The summed E-state index contributed by atoms with van der Waals surface area (Å²) in [6, 6.07) is 3.08. The Bertz CT molecular complexity index is 462. The van der Waals surface area contributed by atoms with Gasteiger partial charge in [0.15, 0.2) is 0 Å². The van der Waals surface area contributed by atoms with E-state index in [4.69, 9.17) is 0 Å². The number of rotatable bonds is 3. The van der Waals surface area contributed by atoms with E-state index in [9.17, 15) is 18.3 Å². The predicted octanol–water partition coefficient (Wildman–Crippen LogP) is 3.31. The summed E-state index contributed by atoms with van der Waals surface area (Å²) in [7, 11) is 0. The molecule has 1 aliphatic rings. The third-order valence-electron chi connectivity index (χ3n) is 3.78. The minimum absolute atomic E-state index is 0.0753. The highest BCUT2D eigenvalue weighted by atomic mass is 19.4. The van der Waals surface area contributed by atoms with Crippen LogP contribution in [0.5, 0.6) is 5.75 Å². The number of nitrogens with zero attached hydrogens (tertiary/aromatic N) is 1. The molecular weight excluding hydrogens is 269 g/mol. The zero-order chi connectivity index (χ0) is 14.8. The Labute approximate surface area is 116 Å². The van der Waals surface area contributed by atoms with Crippen LogP contribution in [0.4, 0.5) is 13.2 Å². The monoisotopic (exact) mass is 288 g/mol. The van der Waals surface area contributed by atoms with Crippen LogP contribution in [0.15, 0.2) is 12.1 Å². The number of halogens is 3. The van der Waals surface area contributed by atoms with Gasteiger partial charge in [0.2, 0.25) is 0 Å². The number of hydrogen-bond donors (Lipinski definition) is 2. The smallest absolute Gasteiger partial charge is 0.391 e. The van der Waals surface area contributed by atoms with E-state index in [0.29, 0.717) is 18.7 Å². The predicted molar refractivity (Wildman–Crippen MR) is 69.3 cm³/mol. The molecule has 0 aromatic carbocycles. The second-order valence-corrected chi connectivity index (χ2v) is 5.40. The van der Waals surface area contributed by atoms with E-state index >= 15 is 0 Å². The summed E-state index contributed by atoms with van der Waals surface area (Å²) in [5.41, 5.74) is 1.26. The van der Waals surface area contributed by atoms with Gasteiger partial charge < -0.3 is 10.4 Å². The quantitative estimate of drug-likeness (QED) is 0.897. The number of aromatic nitrogens is 1. The van der Waals surface area contributed by atoms with Gasteiger partial charge in [-0.05, 0) is 38.3 Å². The maximum atomic E-state index is 12.7. The molecule has 20 heavy (non-hydrogen) atoms. The van der Waals surface area contributed by atoms with Crippen LogP contribution in [0.25, 0.3) is 0 Å². The molecule has 1 saturated carbocycles. The van der Waals surface area contributed by atoms with Gasteiger partial charge in [-0.1, -0.05) is 6.42 Å². The first kappa shape index (κ1) is 15.1. The molecule has 0 saturated heterocycles. The molecule has 2 atom stereocenters. The van der Waals surface area contributed by atoms with Crippen molar-refractivity contribution in [2.45, 2.75) is 51.4 Å². The molecule has 1 aromatic heterocycles. The molecule has 6 heteroatoms. The van der Waals surface area contributed by atoms with Crippen molar-refractivity contribution in [1.29, 1.82) is 0 Å². The summed E-state index contributed by atoms with van der Waals surface area (Å²) in [5, 5.41) is 12.7. The average Bonchev–Trinajstić information content (AvgIpc) is 2.39. The zero-order valence-corrected chi connectivity index (χ0v) is 11.4. The van der Waals surface area contributed by atoms with Crippen LogP contribution in [0.2, 0.25) is 0 Å². The van der Waals surface area contributed by atoms with Crippen LogP contribution in [-0.2, 0) is 6.54 Å². The van der Waals surface area contributed by atoms with E-state index in [1.165, 1.54) is 0 Å². The highest BCUT2D eigenvalue weighted by molar-refractivity contribution is 5.27. The minimum Gasteiger partial charge on any atom is -0.506 e. The van der Waals surface area contributed by atoms with E-state index in [1.54, 1.807) is 12.1 Å². The molecule has 0 radical (unpaired) electrons. The van der Waals surface area contributed by atoms with Crippen LogP contribution in [-0.4, -0.2) is 22.3 Å². The molecule has 1 aliphatic carbocycles. The Kier molecular flexibility index (Phi) is 4.52. The van der Waals surface area contributed by atoms with Crippen molar-refractivity contribution in [3.05, 3.63) is 23.5 Å². The topological polar surface area (TPSA) is 45.1 Å². The number of aryl methyl sites for hydroxylation is 1. The Morgan fingerprint density at radius 2 is 2.10 bits per heavy atom. The van der Waals surface area contributed by atoms with Crippen molar-refractivity contribution in [3.63, 3.8) is 0 Å². The highest BCUT2D eigenvalue weighted by Gasteiger charge is 2.42. The molecule has 2 rings (SSSR count). The van der Waals surface area contributed by atoms with E-state index in [0.717, 1.165) is 12.1 Å². The van der Waals surface area contributed by atoms with Crippen molar-refractivity contribution in [3.8, 4) is 5.75 Å². The molecule has 0 aliphatic heterocycles. The molecule has 0 unspecified atom stereocenters. The Morgan fingerprint density at radius 3 is 2.80 bits per heavy atom. The number of pyridine rings is 1. The number of alkyl halides is 3. The second kappa shape index (κ2) is 5.99. The SMILES string of the molecule is Cc1ccc(O)c(CN[C@H]2CCC[C@H](C(F)(F)F)C2)n1. The molecule has 1 fully saturated rings. The lowest BCUT2D eigenvalue weighted by Gasteiger charge is -2.31. The third-order valence-corrected chi connectivity index (χ3v) is 3.78. The van der Waals surface area contributed by atoms with Crippen molar-refractivity contribution in [2.24, 2.45) is 5.92 Å². The van der Waals surface area contributed by atoms with Crippen LogP contribution in [0.1, 0.15) is 37.1 Å². The van der Waals surface area contributed by atoms with Gasteiger partial charge in [-0.15, -0.1) is 0 Å². The third kappa shape index (κ3) is 3.85. The lowest BCUT2D eigenvalue weighted by atomic mass is 9.85. The van der Waals surface area contributed by atoms with Crippen LogP contribution in [0, 0.1) is 12.8 Å². The first-order chi connectivity index (χ1) is 9.36. The van der Waals surface area contributed by atoms with Crippen molar-refractivity contribution in [2.75, 3.05) is 0 Å². The second-order valence-electron chi connectivity index (χ2n) is 5.40. The zero-order valence-electron chi connectivity index (χ0n) is 11.4. The van der Waals surface area contributed by atoms with Gasteiger partial charge in [-0.2, -0.15) is 13.2 Å². The summed E-state index contributed by atoms with van der Waals surface area (Å²) < 4.78 is 38.1. The molecule has 0 spiro atoms. The number of aromatic hydroxyl groups is 1. The molecule has 1 aromatic rings. The van der Waals surface area contributed by atoms with Gasteiger partial charge >= 0.3 is 6.18 Å². The van der Waals surface area contributed by atoms with Gasteiger partial charge in [0.25, 0.3) is 0 Å². The molecule has 112 valence electrons. The van der Waals surface area contributed by atoms with Crippen LogP contribution < -0.4 is 5.32 Å². The van der Waals surface area contributed by atoms with Gasteiger partial charge in [0.05, 0.1) is 11.6 Å². The summed E-state index contributed by atoms with van der Waals surface area (Å²) in [5.74, 6) is -1.14. The molecule has 0 amide bonds. The molecule has 2 N–H and O–H groups in total. The average molecular weight is 288 g/mol. The minimum atomic E-state index is -4.11. The lowest BCUT2D eigenvalue weighted by molar-refractivity contribution is -0.183. The van der Waals surface area contributed by atoms with Gasteiger partial charge in [0, 0.05) is 18.3 Å². The summed E-state index contributed by atoms with van der Waals surface area (Å²) in [6.45, 7) is 2.10. The molecule has 0 bridgehead atoms. The van der Waals surface area contributed by atoms with Gasteiger partial charge in [0.1, 0.15) is 5.75 Å². The fourth-order valence-electron chi connectivity index (χ4n) is 2.65. The van der Waals surface area contributed by atoms with E-state index in [-0.39, 0.29) is 24.6 Å². The maximum Gasteiger partial charge on any atom is 0.391 e. The molecule has 3 nitrogen and oxygen atoms in total. The van der Waals surface area contributed by atoms with Crippen molar-refractivity contribution in [1.82, 2.24) is 10.3 Å². The van der Waals surface area contributed by atoms with Crippen LogP contribution >= 0.6 is 0 Å². The fraction of sp³-hybridized carbons (Fsp3) is 0.643. The Balaban J connectivity index is 1.92. The standard InChI is InChI=1S/C14H19F3N2O/c1-9-5-6-13(20)12(19-9)8-18-11-4-2-3-10(7-11)14(15,16)17/h5-6,10-11,18,20H,2-4,7-8H2,1H3/t10-,11-/m0/s1. The number of hydrogen-bond acceptors (Lipinski definition) is 3. The highest BCUT2D eigenvalue weighted by Crippen LogP contribution is 2.37. The van der Waals surface area contributed by atoms with E-state index in [1.807, 2.05) is 6.92 Å². The maximum absolute atomic E-state index is 12.7. The van der Waals surface area contributed by atoms with Gasteiger partial charge in [-0.3, -0.25) is 4.98 Å². The lowest BCUT2D eigenvalue weighted by Crippen LogP contribution is -2.38. The summed E-state index contributed by atoms with van der Waals surface area (Å²) in [4.78, 5) is 4.19. The van der Waals surface area contributed by atoms with Crippen molar-refractivity contribution >= 4 is 0 Å². The summed E-state index contributed by atoms with van der Waals surface area (Å²) in [6.07, 6.45) is -2.47. The largest absolute Gasteiger partial charge is 0.506 e. The normalized spacial score (nSPS) is 23.8. The molecular formula is C14H19F3N2O. The van der Waals surface area contributed by atoms with E-state index < -0.39 is 12.1 Å². The molecule has 1 heterocycles. The first-order valence-corrected chi connectivity index (χ1v) is 6.82.